The molecule has 0 spiro atoms. The van der Waals surface area contributed by atoms with E-state index < -0.39 is 5.82 Å². The van der Waals surface area contributed by atoms with Crippen LogP contribution in [0.25, 0.3) is 10.9 Å². The van der Waals surface area contributed by atoms with Crippen molar-refractivity contribution in [3.63, 3.8) is 0 Å². The third kappa shape index (κ3) is 3.64. The molecule has 3 rings (SSSR count). The van der Waals surface area contributed by atoms with Crippen molar-refractivity contribution in [2.45, 2.75) is 38.8 Å². The first-order valence-electron chi connectivity index (χ1n) is 8.75. The van der Waals surface area contributed by atoms with Gasteiger partial charge in [0.1, 0.15) is 11.6 Å². The second kappa shape index (κ2) is 7.51. The van der Waals surface area contributed by atoms with Gasteiger partial charge in [0.05, 0.1) is 21.4 Å². The maximum absolute atomic E-state index is 14.0. The maximum atomic E-state index is 14.0. The molecule has 1 aliphatic rings. The molecule has 7 heteroatoms. The van der Waals surface area contributed by atoms with Crippen molar-refractivity contribution < 1.29 is 4.39 Å². The fourth-order valence-electron chi connectivity index (χ4n) is 3.57. The topological polar surface area (TPSA) is 50.2 Å². The highest BCUT2D eigenvalue weighted by Crippen LogP contribution is 2.27. The van der Waals surface area contributed by atoms with Gasteiger partial charge >= 0.3 is 0 Å². The molecular weight excluding hydrogens is 387 g/mol. The Kier molecular flexibility index (Phi) is 5.55. The van der Waals surface area contributed by atoms with Crippen molar-refractivity contribution in [2.75, 3.05) is 19.6 Å². The largest absolute Gasteiger partial charge is 0.312 e. The summed E-state index contributed by atoms with van der Waals surface area (Å²) in [6.45, 7) is 7.04. The summed E-state index contributed by atoms with van der Waals surface area (Å²) in [6.07, 6.45) is 1.91. The molecule has 2 atom stereocenters. The van der Waals surface area contributed by atoms with E-state index in [0.29, 0.717) is 16.9 Å². The van der Waals surface area contributed by atoms with Crippen LogP contribution in [0.5, 0.6) is 0 Å². The Morgan fingerprint density at radius 1 is 1.48 bits per heavy atom. The molecule has 1 N–H and O–H groups in total. The maximum Gasteiger partial charge on any atom is 0.261 e. The van der Waals surface area contributed by atoms with E-state index in [4.69, 9.17) is 4.98 Å². The molecule has 1 fully saturated rings. The smallest absolute Gasteiger partial charge is 0.261 e. The summed E-state index contributed by atoms with van der Waals surface area (Å²) in [7, 11) is 1.76. The highest BCUT2D eigenvalue weighted by molar-refractivity contribution is 9.10. The van der Waals surface area contributed by atoms with Gasteiger partial charge in [-0.15, -0.1) is 0 Å². The molecule has 1 aromatic carbocycles. The molecule has 25 heavy (non-hydrogen) atoms. The number of halogens is 2. The minimum Gasteiger partial charge on any atom is -0.312 e. The lowest BCUT2D eigenvalue weighted by atomic mass is 10.1. The minimum absolute atomic E-state index is 0.0587. The second-order valence-corrected chi connectivity index (χ2v) is 7.63. The SMILES string of the molecule is CCC[C@H](c1nc2cc(F)c(Br)cc2c(=O)n1C)N1CCN[C@@H](C)C1. The summed E-state index contributed by atoms with van der Waals surface area (Å²) in [5.41, 5.74) is 0.285. The number of piperazine rings is 1. The van der Waals surface area contributed by atoms with Crippen LogP contribution in [0.4, 0.5) is 4.39 Å². The van der Waals surface area contributed by atoms with Crippen LogP contribution in [0.3, 0.4) is 0 Å². The Labute approximate surface area is 155 Å². The minimum atomic E-state index is -0.401. The van der Waals surface area contributed by atoms with Crippen LogP contribution in [0.2, 0.25) is 0 Å². The van der Waals surface area contributed by atoms with Crippen molar-refractivity contribution in [1.82, 2.24) is 19.8 Å². The van der Waals surface area contributed by atoms with E-state index in [0.717, 1.165) is 38.3 Å². The summed E-state index contributed by atoms with van der Waals surface area (Å²) >= 11 is 3.15. The average molecular weight is 411 g/mol. The van der Waals surface area contributed by atoms with Crippen molar-refractivity contribution in [3.05, 3.63) is 38.6 Å². The Bertz CT molecular complexity index is 838. The molecule has 0 saturated carbocycles. The van der Waals surface area contributed by atoms with Crippen LogP contribution >= 0.6 is 15.9 Å². The van der Waals surface area contributed by atoms with Gasteiger partial charge in [-0.3, -0.25) is 14.3 Å². The van der Waals surface area contributed by atoms with Gasteiger partial charge in [-0.25, -0.2) is 9.37 Å². The number of nitrogens with one attached hydrogen (secondary N) is 1. The summed E-state index contributed by atoms with van der Waals surface area (Å²) in [6, 6.07) is 3.32. The van der Waals surface area contributed by atoms with Crippen LogP contribution in [0.1, 0.15) is 38.6 Å². The zero-order chi connectivity index (χ0) is 18.1. The molecule has 5 nitrogen and oxygen atoms in total. The van der Waals surface area contributed by atoms with Crippen LogP contribution in [-0.4, -0.2) is 40.1 Å². The van der Waals surface area contributed by atoms with E-state index in [1.807, 2.05) is 0 Å². The Morgan fingerprint density at radius 2 is 2.24 bits per heavy atom. The highest BCUT2D eigenvalue weighted by atomic mass is 79.9. The molecule has 0 unspecified atom stereocenters. The first-order valence-corrected chi connectivity index (χ1v) is 9.54. The van der Waals surface area contributed by atoms with Gasteiger partial charge in [-0.1, -0.05) is 13.3 Å². The first-order chi connectivity index (χ1) is 11.9. The van der Waals surface area contributed by atoms with Crippen LogP contribution in [0.15, 0.2) is 21.4 Å². The van der Waals surface area contributed by atoms with E-state index >= 15 is 0 Å². The van der Waals surface area contributed by atoms with E-state index in [-0.39, 0.29) is 16.1 Å². The van der Waals surface area contributed by atoms with Crippen molar-refractivity contribution in [3.8, 4) is 0 Å². The van der Waals surface area contributed by atoms with Gasteiger partial charge in [-0.05, 0) is 35.3 Å². The standard InChI is InChI=1S/C18H24BrFN4O/c1-4-5-16(24-7-6-21-11(2)10-24)17-22-15-9-14(20)13(19)8-12(15)18(25)23(17)3/h8-9,11,16,21H,4-7,10H2,1-3H3/t11-,16+/m0/s1. The quantitative estimate of drug-likeness (QED) is 0.841. The fraction of sp³-hybridized carbons (Fsp3) is 0.556. The lowest BCUT2D eigenvalue weighted by molar-refractivity contribution is 0.132. The normalized spacial score (nSPS) is 20.1. The van der Waals surface area contributed by atoms with Crippen LogP contribution < -0.4 is 10.9 Å². The van der Waals surface area contributed by atoms with E-state index in [1.165, 1.54) is 12.1 Å². The van der Waals surface area contributed by atoms with Crippen molar-refractivity contribution in [1.29, 1.82) is 0 Å². The number of fused-ring (bicyclic) bond motifs is 1. The Hall–Kier alpha value is -1.31. The van der Waals surface area contributed by atoms with Gasteiger partial charge in [0.15, 0.2) is 0 Å². The average Bonchev–Trinajstić information content (AvgIpc) is 2.58. The molecule has 1 aliphatic heterocycles. The molecule has 2 heterocycles. The van der Waals surface area contributed by atoms with Crippen LogP contribution in [0, 0.1) is 5.82 Å². The zero-order valence-corrected chi connectivity index (χ0v) is 16.4. The summed E-state index contributed by atoms with van der Waals surface area (Å²) in [4.78, 5) is 19.9. The fourth-order valence-corrected chi connectivity index (χ4v) is 3.92. The van der Waals surface area contributed by atoms with Gasteiger partial charge in [0, 0.05) is 38.8 Å². The molecule has 1 saturated heterocycles. The Balaban J connectivity index is 2.12. The molecule has 0 radical (unpaired) electrons. The highest BCUT2D eigenvalue weighted by Gasteiger charge is 2.28. The van der Waals surface area contributed by atoms with Crippen molar-refractivity contribution >= 4 is 26.8 Å². The molecular formula is C18H24BrFN4O. The van der Waals surface area contributed by atoms with Gasteiger partial charge < -0.3 is 5.32 Å². The number of hydrogen-bond acceptors (Lipinski definition) is 4. The van der Waals surface area contributed by atoms with E-state index in [1.54, 1.807) is 11.6 Å². The van der Waals surface area contributed by atoms with Gasteiger partial charge in [0.25, 0.3) is 5.56 Å². The summed E-state index contributed by atoms with van der Waals surface area (Å²) in [5, 5.41) is 3.88. The Morgan fingerprint density at radius 3 is 2.92 bits per heavy atom. The monoisotopic (exact) mass is 410 g/mol. The summed E-state index contributed by atoms with van der Waals surface area (Å²) in [5.74, 6) is 0.317. The molecule has 136 valence electrons. The number of aromatic nitrogens is 2. The van der Waals surface area contributed by atoms with Gasteiger partial charge in [0.2, 0.25) is 0 Å². The second-order valence-electron chi connectivity index (χ2n) is 6.77. The van der Waals surface area contributed by atoms with E-state index in [9.17, 15) is 9.18 Å². The van der Waals surface area contributed by atoms with Crippen molar-refractivity contribution in [2.24, 2.45) is 7.05 Å². The predicted octanol–water partition coefficient (Wildman–Crippen LogP) is 2.97. The number of rotatable bonds is 4. The molecule has 0 amide bonds. The van der Waals surface area contributed by atoms with Crippen LogP contribution in [-0.2, 0) is 7.05 Å². The predicted molar refractivity (Wildman–Crippen MR) is 101 cm³/mol. The zero-order valence-electron chi connectivity index (χ0n) is 14.9. The third-order valence-corrected chi connectivity index (χ3v) is 5.46. The lowest BCUT2D eigenvalue weighted by Gasteiger charge is -2.38. The van der Waals surface area contributed by atoms with E-state index in [2.05, 4.69) is 40.0 Å². The molecule has 2 aromatic rings. The number of hydrogen-bond donors (Lipinski definition) is 1. The third-order valence-electron chi connectivity index (χ3n) is 4.85. The first kappa shape index (κ1) is 18.5. The number of nitrogens with zero attached hydrogens (tertiary/aromatic N) is 3. The molecule has 0 bridgehead atoms. The molecule has 1 aromatic heterocycles. The van der Waals surface area contributed by atoms with Gasteiger partial charge in [-0.2, -0.15) is 0 Å². The summed E-state index contributed by atoms with van der Waals surface area (Å²) < 4.78 is 15.9. The molecule has 0 aliphatic carbocycles. The number of benzene rings is 1. The lowest BCUT2D eigenvalue weighted by Crippen LogP contribution is -2.51.